The molecule has 0 aromatic rings. The van der Waals surface area contributed by atoms with Crippen LogP contribution in [0.25, 0.3) is 0 Å². The Labute approximate surface area is 74.9 Å². The minimum absolute atomic E-state index is 0.399. The second-order valence-corrected chi connectivity index (χ2v) is 4.36. The first-order chi connectivity index (χ1) is 5.75. The molecule has 0 aromatic carbocycles. The fourth-order valence-electron chi connectivity index (χ4n) is 2.41. The van der Waals surface area contributed by atoms with E-state index in [9.17, 15) is 0 Å². The van der Waals surface area contributed by atoms with Gasteiger partial charge in [-0.05, 0) is 45.7 Å². The van der Waals surface area contributed by atoms with Gasteiger partial charge in [-0.25, -0.2) is 0 Å². The Morgan fingerprint density at radius 3 is 2.33 bits per heavy atom. The maximum atomic E-state index is 5.88. The van der Waals surface area contributed by atoms with Crippen LogP contribution < -0.4 is 0 Å². The predicted octanol–water partition coefficient (Wildman–Crippen LogP) is 1.51. The van der Waals surface area contributed by atoms with E-state index in [-0.39, 0.29) is 0 Å². The zero-order valence-electron chi connectivity index (χ0n) is 8.12. The van der Waals surface area contributed by atoms with Crippen LogP contribution in [0.2, 0.25) is 0 Å². The molecule has 3 fully saturated rings. The molecule has 3 aliphatic heterocycles. The third kappa shape index (κ3) is 1.64. The average molecular weight is 169 g/mol. The summed E-state index contributed by atoms with van der Waals surface area (Å²) in [6, 6.07) is 0. The van der Waals surface area contributed by atoms with Gasteiger partial charge in [-0.3, -0.25) is 0 Å². The highest BCUT2D eigenvalue weighted by Crippen LogP contribution is 2.29. The zero-order chi connectivity index (χ0) is 8.55. The first-order valence-corrected chi connectivity index (χ1v) is 5.13. The van der Waals surface area contributed by atoms with Crippen LogP contribution in [0.4, 0.5) is 0 Å². The number of ether oxygens (including phenoxy) is 1. The minimum atomic E-state index is 0.399. The van der Waals surface area contributed by atoms with Crippen molar-refractivity contribution >= 4 is 0 Å². The maximum Gasteiger partial charge on any atom is 0.0734 e. The maximum absolute atomic E-state index is 5.88. The molecule has 0 radical (unpaired) electrons. The molecule has 2 nitrogen and oxygen atoms in total. The van der Waals surface area contributed by atoms with Crippen molar-refractivity contribution in [2.75, 3.05) is 19.6 Å². The molecule has 3 heterocycles. The lowest BCUT2D eigenvalue weighted by Gasteiger charge is -2.45. The Balaban J connectivity index is 1.91. The van der Waals surface area contributed by atoms with E-state index in [1.54, 1.807) is 0 Å². The lowest BCUT2D eigenvalue weighted by atomic mass is 9.86. The van der Waals surface area contributed by atoms with Crippen molar-refractivity contribution in [2.24, 2.45) is 5.92 Å². The van der Waals surface area contributed by atoms with Crippen LogP contribution in [0.15, 0.2) is 0 Å². The second-order valence-electron chi connectivity index (χ2n) is 4.36. The molecule has 1 unspecified atom stereocenters. The molecule has 70 valence electrons. The standard InChI is InChI=1S/C10H19NO/c1-8(2)12-10-7-11-5-3-9(10)4-6-11/h8-10H,3-7H2,1-2H3. The van der Waals surface area contributed by atoms with Gasteiger partial charge in [-0.1, -0.05) is 0 Å². The summed E-state index contributed by atoms with van der Waals surface area (Å²) in [4.78, 5) is 2.53. The summed E-state index contributed by atoms with van der Waals surface area (Å²) in [7, 11) is 0. The lowest BCUT2D eigenvalue weighted by Crippen LogP contribution is -2.51. The van der Waals surface area contributed by atoms with Crippen LogP contribution in [0.3, 0.4) is 0 Å². The normalized spacial score (nSPS) is 40.8. The Morgan fingerprint density at radius 1 is 1.25 bits per heavy atom. The lowest BCUT2D eigenvalue weighted by molar-refractivity contribution is -0.0921. The molecule has 0 spiro atoms. The molecular formula is C10H19NO. The molecule has 3 saturated heterocycles. The van der Waals surface area contributed by atoms with E-state index in [4.69, 9.17) is 4.74 Å². The highest BCUT2D eigenvalue weighted by Gasteiger charge is 2.34. The molecule has 3 aliphatic rings. The van der Waals surface area contributed by atoms with Gasteiger partial charge in [0.2, 0.25) is 0 Å². The molecular weight excluding hydrogens is 150 g/mol. The van der Waals surface area contributed by atoms with Gasteiger partial charge in [-0.2, -0.15) is 0 Å². The van der Waals surface area contributed by atoms with Crippen LogP contribution in [0.5, 0.6) is 0 Å². The summed E-state index contributed by atoms with van der Waals surface area (Å²) in [5, 5.41) is 0. The predicted molar refractivity (Wildman–Crippen MR) is 49.2 cm³/mol. The Kier molecular flexibility index (Phi) is 2.37. The summed E-state index contributed by atoms with van der Waals surface area (Å²) < 4.78 is 5.88. The van der Waals surface area contributed by atoms with Crippen LogP contribution in [-0.4, -0.2) is 36.7 Å². The van der Waals surface area contributed by atoms with Crippen molar-refractivity contribution in [2.45, 2.75) is 38.9 Å². The van der Waals surface area contributed by atoms with Crippen LogP contribution >= 0.6 is 0 Å². The monoisotopic (exact) mass is 169 g/mol. The fraction of sp³-hybridized carbons (Fsp3) is 1.00. The average Bonchev–Trinajstić information content (AvgIpc) is 2.05. The van der Waals surface area contributed by atoms with Gasteiger partial charge in [0.1, 0.15) is 0 Å². The van der Waals surface area contributed by atoms with Gasteiger partial charge in [0.05, 0.1) is 12.2 Å². The number of rotatable bonds is 2. The summed E-state index contributed by atoms with van der Waals surface area (Å²) in [6.07, 6.45) is 3.65. The van der Waals surface area contributed by atoms with Crippen LogP contribution in [-0.2, 0) is 4.74 Å². The second kappa shape index (κ2) is 3.35. The largest absolute Gasteiger partial charge is 0.374 e. The number of hydrogen-bond acceptors (Lipinski definition) is 2. The van der Waals surface area contributed by atoms with Gasteiger partial charge in [0.25, 0.3) is 0 Å². The van der Waals surface area contributed by atoms with Gasteiger partial charge >= 0.3 is 0 Å². The summed E-state index contributed by atoms with van der Waals surface area (Å²) in [5.41, 5.74) is 0. The molecule has 12 heavy (non-hydrogen) atoms. The molecule has 0 N–H and O–H groups in total. The van der Waals surface area contributed by atoms with Crippen LogP contribution in [0, 0.1) is 5.92 Å². The number of piperidine rings is 3. The van der Waals surface area contributed by atoms with Gasteiger partial charge in [-0.15, -0.1) is 0 Å². The highest BCUT2D eigenvalue weighted by atomic mass is 16.5. The van der Waals surface area contributed by atoms with Crippen molar-refractivity contribution in [1.29, 1.82) is 0 Å². The van der Waals surface area contributed by atoms with Gasteiger partial charge in [0.15, 0.2) is 0 Å². The molecule has 2 bridgehead atoms. The third-order valence-electron chi connectivity index (χ3n) is 3.04. The molecule has 2 heteroatoms. The quantitative estimate of drug-likeness (QED) is 0.621. The van der Waals surface area contributed by atoms with Crippen molar-refractivity contribution in [3.63, 3.8) is 0 Å². The molecule has 0 aromatic heterocycles. The molecule has 0 saturated carbocycles. The van der Waals surface area contributed by atoms with Gasteiger partial charge < -0.3 is 9.64 Å². The third-order valence-corrected chi connectivity index (χ3v) is 3.04. The molecule has 0 aliphatic carbocycles. The van der Waals surface area contributed by atoms with E-state index >= 15 is 0 Å². The van der Waals surface area contributed by atoms with E-state index in [0.717, 1.165) is 5.92 Å². The van der Waals surface area contributed by atoms with E-state index < -0.39 is 0 Å². The topological polar surface area (TPSA) is 12.5 Å². The Bertz CT molecular complexity index is 148. The Morgan fingerprint density at radius 2 is 1.92 bits per heavy atom. The minimum Gasteiger partial charge on any atom is -0.374 e. The summed E-state index contributed by atoms with van der Waals surface area (Å²) in [5.74, 6) is 0.859. The highest BCUT2D eigenvalue weighted by molar-refractivity contribution is 4.87. The van der Waals surface area contributed by atoms with Crippen molar-refractivity contribution in [1.82, 2.24) is 4.90 Å². The summed E-state index contributed by atoms with van der Waals surface area (Å²) >= 11 is 0. The summed E-state index contributed by atoms with van der Waals surface area (Å²) in [6.45, 7) is 8.07. The molecule has 1 atom stereocenters. The molecule has 0 amide bonds. The van der Waals surface area contributed by atoms with E-state index in [1.165, 1.54) is 32.5 Å². The number of fused-ring (bicyclic) bond motifs is 3. The fourth-order valence-corrected chi connectivity index (χ4v) is 2.41. The first-order valence-electron chi connectivity index (χ1n) is 5.13. The first kappa shape index (κ1) is 8.52. The van der Waals surface area contributed by atoms with E-state index in [0.29, 0.717) is 12.2 Å². The number of nitrogens with zero attached hydrogens (tertiary/aromatic N) is 1. The zero-order valence-corrected chi connectivity index (χ0v) is 8.12. The smallest absolute Gasteiger partial charge is 0.0734 e. The van der Waals surface area contributed by atoms with Crippen molar-refractivity contribution in [3.05, 3.63) is 0 Å². The SMILES string of the molecule is CC(C)OC1CN2CCC1CC2. The van der Waals surface area contributed by atoms with Crippen molar-refractivity contribution < 1.29 is 4.74 Å². The van der Waals surface area contributed by atoms with E-state index in [2.05, 4.69) is 18.7 Å². The molecule has 3 rings (SSSR count). The van der Waals surface area contributed by atoms with Gasteiger partial charge in [0, 0.05) is 6.54 Å². The van der Waals surface area contributed by atoms with E-state index in [1.807, 2.05) is 0 Å². The number of hydrogen-bond donors (Lipinski definition) is 0. The Hall–Kier alpha value is -0.0800. The van der Waals surface area contributed by atoms with Crippen LogP contribution in [0.1, 0.15) is 26.7 Å². The van der Waals surface area contributed by atoms with Crippen molar-refractivity contribution in [3.8, 4) is 0 Å².